The average Bonchev–Trinajstić information content (AvgIpc) is 2.18. The molecule has 0 spiro atoms. The molecule has 0 saturated heterocycles. The Morgan fingerprint density at radius 1 is 1.78 bits per heavy atom. The van der Waals surface area contributed by atoms with Gasteiger partial charge in [-0.1, -0.05) is 0 Å². The molecule has 0 saturated carbocycles. The molecule has 0 aliphatic rings. The molecule has 9 heavy (non-hydrogen) atoms. The molecule has 1 rings (SSSR count). The number of nitrogens with one attached hydrogen (secondary N) is 1. The molecule has 0 fully saturated rings. The minimum atomic E-state index is 0.971. The van der Waals surface area contributed by atoms with Crippen LogP contribution in [0.1, 0.15) is 12.6 Å². The van der Waals surface area contributed by atoms with Gasteiger partial charge in [0.15, 0.2) is 0 Å². The van der Waals surface area contributed by atoms with Crippen LogP contribution in [0.5, 0.6) is 0 Å². The third-order valence-electron chi connectivity index (χ3n) is 1.12. The van der Waals surface area contributed by atoms with Gasteiger partial charge in [-0.3, -0.25) is 0 Å². The van der Waals surface area contributed by atoms with E-state index in [2.05, 4.69) is 16.6 Å². The lowest BCUT2D eigenvalue weighted by molar-refractivity contribution is 1.19. The molecular formula is C6H10N2S. The Bertz CT molecular complexity index is 183. The van der Waals surface area contributed by atoms with Crippen molar-refractivity contribution in [2.45, 2.75) is 13.8 Å². The highest BCUT2D eigenvalue weighted by atomic mass is 32.1. The van der Waals surface area contributed by atoms with Crippen molar-refractivity contribution in [3.8, 4) is 0 Å². The Morgan fingerprint density at radius 2 is 2.56 bits per heavy atom. The fourth-order valence-electron chi connectivity index (χ4n) is 0.653. The van der Waals surface area contributed by atoms with Gasteiger partial charge in [0.2, 0.25) is 0 Å². The highest BCUT2D eigenvalue weighted by molar-refractivity contribution is 7.04. The summed E-state index contributed by atoms with van der Waals surface area (Å²) in [6.45, 7) is 5.06. The number of hydrogen-bond acceptors (Lipinski definition) is 3. The summed E-state index contributed by atoms with van der Waals surface area (Å²) in [4.78, 5) is 0. The quantitative estimate of drug-likeness (QED) is 0.682. The molecule has 0 bridgehead atoms. The van der Waals surface area contributed by atoms with Gasteiger partial charge in [0, 0.05) is 11.9 Å². The van der Waals surface area contributed by atoms with E-state index >= 15 is 0 Å². The van der Waals surface area contributed by atoms with Crippen LogP contribution < -0.4 is 5.32 Å². The maximum atomic E-state index is 4.11. The molecule has 2 nitrogen and oxygen atoms in total. The van der Waals surface area contributed by atoms with Crippen molar-refractivity contribution >= 4 is 17.2 Å². The first-order valence-corrected chi connectivity index (χ1v) is 3.83. The molecule has 1 N–H and O–H groups in total. The fraction of sp³-hybridized carbons (Fsp3) is 0.500. The van der Waals surface area contributed by atoms with Crippen LogP contribution in [0.25, 0.3) is 0 Å². The summed E-state index contributed by atoms with van der Waals surface area (Å²) >= 11 is 1.49. The zero-order valence-electron chi connectivity index (χ0n) is 5.64. The lowest BCUT2D eigenvalue weighted by Gasteiger charge is -1.96. The van der Waals surface area contributed by atoms with E-state index < -0.39 is 0 Å². The van der Waals surface area contributed by atoms with Crippen molar-refractivity contribution in [3.63, 3.8) is 0 Å². The Morgan fingerprint density at radius 3 is 3.00 bits per heavy atom. The van der Waals surface area contributed by atoms with Crippen molar-refractivity contribution in [2.75, 3.05) is 11.9 Å². The monoisotopic (exact) mass is 142 g/mol. The number of anilines is 1. The minimum absolute atomic E-state index is 0.971. The van der Waals surface area contributed by atoms with Gasteiger partial charge in [-0.2, -0.15) is 4.37 Å². The predicted octanol–water partition coefficient (Wildman–Crippen LogP) is 1.88. The lowest BCUT2D eigenvalue weighted by Crippen LogP contribution is -1.95. The van der Waals surface area contributed by atoms with E-state index in [0.717, 1.165) is 12.2 Å². The van der Waals surface area contributed by atoms with Crippen LogP contribution in [0.15, 0.2) is 5.38 Å². The highest BCUT2D eigenvalue weighted by Gasteiger charge is 1.95. The Balaban J connectivity index is 2.69. The zero-order valence-corrected chi connectivity index (χ0v) is 6.46. The molecule has 0 aliphatic heterocycles. The summed E-state index contributed by atoms with van der Waals surface area (Å²) in [6, 6.07) is 0. The molecule has 0 aliphatic carbocycles. The fourth-order valence-corrected chi connectivity index (χ4v) is 1.32. The maximum Gasteiger partial charge on any atom is 0.0742 e. The first kappa shape index (κ1) is 6.55. The van der Waals surface area contributed by atoms with Crippen LogP contribution in [0.4, 0.5) is 5.69 Å². The summed E-state index contributed by atoms with van der Waals surface area (Å²) < 4.78 is 4.11. The third kappa shape index (κ3) is 1.42. The van der Waals surface area contributed by atoms with E-state index in [9.17, 15) is 0 Å². The Labute approximate surface area is 59.1 Å². The molecular weight excluding hydrogens is 132 g/mol. The smallest absolute Gasteiger partial charge is 0.0742 e. The summed E-state index contributed by atoms with van der Waals surface area (Å²) in [5.74, 6) is 0. The average molecular weight is 142 g/mol. The molecule has 0 radical (unpaired) electrons. The van der Waals surface area contributed by atoms with Crippen LogP contribution in [0, 0.1) is 6.92 Å². The van der Waals surface area contributed by atoms with Crippen LogP contribution in [0.2, 0.25) is 0 Å². The van der Waals surface area contributed by atoms with Crippen molar-refractivity contribution in [3.05, 3.63) is 11.1 Å². The molecule has 0 unspecified atom stereocenters. The molecule has 0 amide bonds. The van der Waals surface area contributed by atoms with Crippen molar-refractivity contribution in [2.24, 2.45) is 0 Å². The summed E-state index contributed by atoms with van der Waals surface area (Å²) in [5.41, 5.74) is 2.27. The molecule has 1 aromatic heterocycles. The molecule has 3 heteroatoms. The van der Waals surface area contributed by atoms with Gasteiger partial charge in [-0.05, 0) is 25.4 Å². The van der Waals surface area contributed by atoms with Gasteiger partial charge >= 0.3 is 0 Å². The number of nitrogens with zero attached hydrogens (tertiary/aromatic N) is 1. The van der Waals surface area contributed by atoms with Crippen molar-refractivity contribution in [1.29, 1.82) is 0 Å². The van der Waals surface area contributed by atoms with Crippen LogP contribution in [-0.4, -0.2) is 10.9 Å². The first-order valence-electron chi connectivity index (χ1n) is 2.99. The SMILES string of the molecule is CCNc1csnc1C. The van der Waals surface area contributed by atoms with Gasteiger partial charge in [0.05, 0.1) is 11.4 Å². The molecule has 0 aromatic carbocycles. The standard InChI is InChI=1S/C6H10N2S/c1-3-7-6-4-9-8-5(6)2/h4,7H,3H2,1-2H3. The van der Waals surface area contributed by atoms with E-state index in [1.54, 1.807) is 0 Å². The second-order valence-electron chi connectivity index (χ2n) is 1.84. The summed E-state index contributed by atoms with van der Waals surface area (Å²) in [7, 11) is 0. The van der Waals surface area contributed by atoms with E-state index in [1.807, 2.05) is 12.3 Å². The number of aromatic nitrogens is 1. The number of aryl methyl sites for hydroxylation is 1. The third-order valence-corrected chi connectivity index (χ3v) is 1.84. The Kier molecular flexibility index (Phi) is 2.05. The van der Waals surface area contributed by atoms with Gasteiger partial charge < -0.3 is 5.32 Å². The molecule has 1 heterocycles. The van der Waals surface area contributed by atoms with Gasteiger partial charge in [0.1, 0.15) is 0 Å². The topological polar surface area (TPSA) is 24.9 Å². The van der Waals surface area contributed by atoms with E-state index in [-0.39, 0.29) is 0 Å². The molecule has 50 valence electrons. The zero-order chi connectivity index (χ0) is 6.69. The molecule has 1 aromatic rings. The second-order valence-corrected chi connectivity index (χ2v) is 2.47. The van der Waals surface area contributed by atoms with Gasteiger partial charge in [-0.25, -0.2) is 0 Å². The minimum Gasteiger partial charge on any atom is -0.383 e. The predicted molar refractivity (Wildman–Crippen MR) is 41.0 cm³/mol. The van der Waals surface area contributed by atoms with Crippen LogP contribution in [0.3, 0.4) is 0 Å². The highest BCUT2D eigenvalue weighted by Crippen LogP contribution is 2.14. The Hall–Kier alpha value is -0.570. The van der Waals surface area contributed by atoms with E-state index in [0.29, 0.717) is 0 Å². The van der Waals surface area contributed by atoms with Crippen LogP contribution >= 0.6 is 11.5 Å². The summed E-state index contributed by atoms with van der Waals surface area (Å²) in [5, 5.41) is 5.23. The van der Waals surface area contributed by atoms with E-state index in [1.165, 1.54) is 17.2 Å². The first-order chi connectivity index (χ1) is 4.34. The van der Waals surface area contributed by atoms with Crippen molar-refractivity contribution < 1.29 is 0 Å². The summed E-state index contributed by atoms with van der Waals surface area (Å²) in [6.07, 6.45) is 0. The maximum absolute atomic E-state index is 4.11. The number of rotatable bonds is 2. The van der Waals surface area contributed by atoms with Gasteiger partial charge in [-0.15, -0.1) is 0 Å². The normalized spacial score (nSPS) is 9.56. The second kappa shape index (κ2) is 2.82. The van der Waals surface area contributed by atoms with Gasteiger partial charge in [0.25, 0.3) is 0 Å². The molecule has 0 atom stereocenters. The lowest BCUT2D eigenvalue weighted by atomic mass is 10.4. The van der Waals surface area contributed by atoms with E-state index in [4.69, 9.17) is 0 Å². The van der Waals surface area contributed by atoms with Crippen molar-refractivity contribution in [1.82, 2.24) is 4.37 Å². The largest absolute Gasteiger partial charge is 0.383 e. The number of hydrogen-bond donors (Lipinski definition) is 1. The van der Waals surface area contributed by atoms with Crippen LogP contribution in [-0.2, 0) is 0 Å².